The summed E-state index contributed by atoms with van der Waals surface area (Å²) in [5.74, 6) is -0.0225. The van der Waals surface area contributed by atoms with Crippen molar-refractivity contribution in [3.05, 3.63) is 45.6 Å². The van der Waals surface area contributed by atoms with Gasteiger partial charge in [0.15, 0.2) is 11.5 Å². The number of methoxy groups -OCH3 is 2. The fourth-order valence-corrected chi connectivity index (χ4v) is 4.24. The van der Waals surface area contributed by atoms with E-state index in [1.807, 2.05) is 29.6 Å². The van der Waals surface area contributed by atoms with E-state index in [1.165, 1.54) is 0 Å². The predicted molar refractivity (Wildman–Crippen MR) is 109 cm³/mol. The van der Waals surface area contributed by atoms with Crippen LogP contribution in [0.2, 0.25) is 0 Å². The number of aliphatic carboxylic acids is 1. The van der Waals surface area contributed by atoms with E-state index in [0.717, 1.165) is 22.4 Å². The second-order valence-electron chi connectivity index (χ2n) is 6.21. The first kappa shape index (κ1) is 22.0. The van der Waals surface area contributed by atoms with Gasteiger partial charge in [0.1, 0.15) is 6.54 Å². The third-order valence-corrected chi connectivity index (χ3v) is 5.49. The number of halogens is 1. The Kier molecular flexibility index (Phi) is 7.68. The molecule has 0 aliphatic carbocycles. The summed E-state index contributed by atoms with van der Waals surface area (Å²) in [5, 5.41) is 13.2. The van der Waals surface area contributed by atoms with Crippen LogP contribution in [0.4, 0.5) is 0 Å². The highest BCUT2D eigenvalue weighted by molar-refractivity contribution is 7.10. The second kappa shape index (κ2) is 9.77. The Hall–Kier alpha value is -2.29. The van der Waals surface area contributed by atoms with Crippen molar-refractivity contribution in [1.29, 1.82) is 0 Å². The molecule has 7 nitrogen and oxygen atoms in total. The summed E-state index contributed by atoms with van der Waals surface area (Å²) in [5.41, 5.74) is 2.24. The molecule has 0 saturated heterocycles. The van der Waals surface area contributed by atoms with E-state index in [0.29, 0.717) is 18.0 Å². The van der Waals surface area contributed by atoms with E-state index in [9.17, 15) is 9.59 Å². The van der Waals surface area contributed by atoms with Crippen LogP contribution in [0.1, 0.15) is 22.0 Å². The molecule has 2 N–H and O–H groups in total. The maximum absolute atomic E-state index is 12.2. The average molecular weight is 427 g/mol. The molecule has 0 spiro atoms. The van der Waals surface area contributed by atoms with Gasteiger partial charge in [-0.1, -0.05) is 6.07 Å². The molecule has 0 radical (unpaired) electrons. The number of nitrogens with zero attached hydrogens (tertiary/aromatic N) is 1. The lowest BCUT2D eigenvalue weighted by Gasteiger charge is -2.36. The molecular weight excluding hydrogens is 404 g/mol. The molecule has 2 heterocycles. The van der Waals surface area contributed by atoms with Gasteiger partial charge in [0.05, 0.1) is 26.8 Å². The number of nitrogens with one attached hydrogen (secondary N) is 1. The molecule has 1 unspecified atom stereocenters. The zero-order chi connectivity index (χ0) is 19.4. The molecular formula is C19H23ClN2O5S. The third kappa shape index (κ3) is 4.76. The van der Waals surface area contributed by atoms with Crippen molar-refractivity contribution >= 4 is 35.6 Å². The van der Waals surface area contributed by atoms with Crippen molar-refractivity contribution < 1.29 is 24.2 Å². The fourth-order valence-electron chi connectivity index (χ4n) is 3.36. The quantitative estimate of drug-likeness (QED) is 0.706. The fraction of sp³-hybridized carbons (Fsp3) is 0.368. The third-order valence-electron chi connectivity index (χ3n) is 4.57. The van der Waals surface area contributed by atoms with Gasteiger partial charge in [-0.05, 0) is 41.1 Å². The highest BCUT2D eigenvalue weighted by atomic mass is 35.5. The number of carbonyl (C=O) groups excluding carboxylic acids is 1. The van der Waals surface area contributed by atoms with Crippen molar-refractivity contribution in [1.82, 2.24) is 10.2 Å². The standard InChI is InChI=1S/C19H22N2O5S.ClH/c1-25-14-8-12-5-6-21(11-17(22)20-10-18(23)24)19(16-4-3-7-27-16)13(12)9-15(14)26-2;/h3-4,7-9,19H,5-6,10-11H2,1-2H3,(H,20,22)(H,23,24);1H. The summed E-state index contributed by atoms with van der Waals surface area (Å²) < 4.78 is 10.9. The summed E-state index contributed by atoms with van der Waals surface area (Å²) in [6, 6.07) is 7.90. The summed E-state index contributed by atoms with van der Waals surface area (Å²) in [6.07, 6.45) is 0.768. The smallest absolute Gasteiger partial charge is 0.322 e. The molecule has 2 aromatic rings. The molecule has 0 bridgehead atoms. The Morgan fingerprint density at radius 2 is 2.00 bits per heavy atom. The monoisotopic (exact) mass is 426 g/mol. The molecule has 1 atom stereocenters. The minimum Gasteiger partial charge on any atom is -0.493 e. The largest absolute Gasteiger partial charge is 0.493 e. The highest BCUT2D eigenvalue weighted by Gasteiger charge is 2.32. The number of fused-ring (bicyclic) bond motifs is 1. The van der Waals surface area contributed by atoms with Crippen LogP contribution >= 0.6 is 23.7 Å². The number of thiophene rings is 1. The SMILES string of the molecule is COc1cc2c(cc1OC)C(c1cccs1)N(CC(=O)NCC(=O)O)CC2.Cl. The first-order chi connectivity index (χ1) is 13.0. The molecule has 0 saturated carbocycles. The van der Waals surface area contributed by atoms with Gasteiger partial charge in [0.2, 0.25) is 5.91 Å². The van der Waals surface area contributed by atoms with E-state index in [2.05, 4.69) is 10.2 Å². The van der Waals surface area contributed by atoms with Gasteiger partial charge in [0, 0.05) is 11.4 Å². The summed E-state index contributed by atoms with van der Waals surface area (Å²) in [4.78, 5) is 26.1. The number of hydrogen-bond donors (Lipinski definition) is 2. The Labute approximate surface area is 173 Å². The number of carbonyl (C=O) groups is 2. The van der Waals surface area contributed by atoms with Gasteiger partial charge in [-0.3, -0.25) is 14.5 Å². The number of ether oxygens (including phenoxy) is 2. The van der Waals surface area contributed by atoms with Crippen LogP contribution < -0.4 is 14.8 Å². The first-order valence-electron chi connectivity index (χ1n) is 8.54. The maximum Gasteiger partial charge on any atom is 0.322 e. The number of benzene rings is 1. The van der Waals surface area contributed by atoms with E-state index < -0.39 is 5.97 Å². The Bertz CT molecular complexity index is 828. The van der Waals surface area contributed by atoms with Gasteiger partial charge in [-0.2, -0.15) is 0 Å². The van der Waals surface area contributed by atoms with Crippen molar-refractivity contribution in [2.75, 3.05) is 33.9 Å². The number of hydrogen-bond acceptors (Lipinski definition) is 6. The molecule has 152 valence electrons. The highest BCUT2D eigenvalue weighted by Crippen LogP contribution is 2.41. The predicted octanol–water partition coefficient (Wildman–Crippen LogP) is 2.34. The van der Waals surface area contributed by atoms with Gasteiger partial charge in [0.25, 0.3) is 0 Å². The van der Waals surface area contributed by atoms with Crippen molar-refractivity contribution in [2.24, 2.45) is 0 Å². The minimum atomic E-state index is -1.06. The molecule has 1 aromatic carbocycles. The summed E-state index contributed by atoms with van der Waals surface area (Å²) in [6.45, 7) is 0.438. The van der Waals surface area contributed by atoms with Gasteiger partial charge in [-0.25, -0.2) is 0 Å². The van der Waals surface area contributed by atoms with Crippen LogP contribution in [0.25, 0.3) is 0 Å². The molecule has 0 fully saturated rings. The molecule has 1 aliphatic heterocycles. The van der Waals surface area contributed by atoms with Crippen LogP contribution in [-0.2, 0) is 16.0 Å². The van der Waals surface area contributed by atoms with Crippen molar-refractivity contribution in [3.63, 3.8) is 0 Å². The molecule has 1 amide bonds. The number of carboxylic acid groups (broad SMARTS) is 1. The topological polar surface area (TPSA) is 88.1 Å². The van der Waals surface area contributed by atoms with Gasteiger partial charge in [-0.15, -0.1) is 23.7 Å². The number of carboxylic acids is 1. The summed E-state index contributed by atoms with van der Waals surface area (Å²) in [7, 11) is 3.22. The molecule has 3 rings (SSSR count). The summed E-state index contributed by atoms with van der Waals surface area (Å²) >= 11 is 1.63. The number of amides is 1. The number of rotatable bonds is 7. The Morgan fingerprint density at radius 1 is 1.29 bits per heavy atom. The lowest BCUT2D eigenvalue weighted by atomic mass is 9.91. The molecule has 28 heavy (non-hydrogen) atoms. The van der Waals surface area contributed by atoms with Crippen molar-refractivity contribution in [2.45, 2.75) is 12.5 Å². The van der Waals surface area contributed by atoms with E-state index in [1.54, 1.807) is 25.6 Å². The first-order valence-corrected chi connectivity index (χ1v) is 9.42. The van der Waals surface area contributed by atoms with Crippen LogP contribution in [0, 0.1) is 0 Å². The van der Waals surface area contributed by atoms with Gasteiger partial charge >= 0.3 is 5.97 Å². The van der Waals surface area contributed by atoms with E-state index in [-0.39, 0.29) is 37.4 Å². The van der Waals surface area contributed by atoms with Crippen LogP contribution in [-0.4, -0.2) is 55.7 Å². The average Bonchev–Trinajstić information content (AvgIpc) is 3.19. The Morgan fingerprint density at radius 3 is 2.61 bits per heavy atom. The second-order valence-corrected chi connectivity index (χ2v) is 7.19. The lowest BCUT2D eigenvalue weighted by Crippen LogP contribution is -2.43. The Balaban J connectivity index is 0.00000280. The van der Waals surface area contributed by atoms with Crippen LogP contribution in [0.15, 0.2) is 29.6 Å². The molecule has 1 aromatic heterocycles. The molecule has 9 heteroatoms. The van der Waals surface area contributed by atoms with Crippen molar-refractivity contribution in [3.8, 4) is 11.5 Å². The van der Waals surface area contributed by atoms with Gasteiger partial charge < -0.3 is 19.9 Å². The van der Waals surface area contributed by atoms with E-state index >= 15 is 0 Å². The lowest BCUT2D eigenvalue weighted by molar-refractivity contribution is -0.138. The zero-order valence-electron chi connectivity index (χ0n) is 15.6. The van der Waals surface area contributed by atoms with E-state index in [4.69, 9.17) is 14.6 Å². The minimum absolute atomic E-state index is 0. The van der Waals surface area contributed by atoms with Crippen LogP contribution in [0.3, 0.4) is 0 Å². The maximum atomic E-state index is 12.2. The molecule has 1 aliphatic rings. The van der Waals surface area contributed by atoms with Crippen LogP contribution in [0.5, 0.6) is 11.5 Å². The normalized spacial score (nSPS) is 15.9. The zero-order valence-corrected chi connectivity index (χ0v) is 17.3.